The molecular weight excluding hydrogens is 422 g/mol. The molecule has 3 heterocycles. The summed E-state index contributed by atoms with van der Waals surface area (Å²) in [6.45, 7) is 7.06. The lowest BCUT2D eigenvalue weighted by molar-refractivity contribution is 0.0734. The number of nitrogens with one attached hydrogen (secondary N) is 2. The smallest absolute Gasteiger partial charge is 0.343 e. The number of carbonyl (C=O) groups is 2. The SMILES string of the molecule is CCN1CCc2c(sc3c2C(=O)NC(c2ccc(OC(=O)c4ccc(C)cc4)cc2)N3)C1. The highest BCUT2D eigenvalue weighted by Gasteiger charge is 2.33. The molecule has 1 aromatic heterocycles. The molecule has 2 aliphatic heterocycles. The van der Waals surface area contributed by atoms with Crippen molar-refractivity contribution < 1.29 is 14.3 Å². The molecule has 0 saturated carbocycles. The van der Waals surface area contributed by atoms with Crippen LogP contribution in [0.5, 0.6) is 5.75 Å². The number of rotatable bonds is 4. The molecule has 2 N–H and O–H groups in total. The Balaban J connectivity index is 1.30. The lowest BCUT2D eigenvalue weighted by atomic mass is 10.0. The zero-order valence-corrected chi connectivity index (χ0v) is 18.9. The van der Waals surface area contributed by atoms with E-state index in [0.717, 1.165) is 47.7 Å². The van der Waals surface area contributed by atoms with Gasteiger partial charge in [-0.15, -0.1) is 11.3 Å². The maximum Gasteiger partial charge on any atom is 0.343 e. The predicted molar refractivity (Wildman–Crippen MR) is 125 cm³/mol. The lowest BCUT2D eigenvalue weighted by Gasteiger charge is -2.28. The van der Waals surface area contributed by atoms with Crippen LogP contribution in [0.3, 0.4) is 0 Å². The van der Waals surface area contributed by atoms with E-state index in [1.807, 2.05) is 31.2 Å². The monoisotopic (exact) mass is 447 g/mol. The van der Waals surface area contributed by atoms with Crippen molar-refractivity contribution >= 4 is 28.2 Å². The molecule has 3 aromatic rings. The molecule has 7 heteroatoms. The minimum absolute atomic E-state index is 0.0268. The Morgan fingerprint density at radius 2 is 1.88 bits per heavy atom. The van der Waals surface area contributed by atoms with Crippen LogP contribution in [0.2, 0.25) is 0 Å². The fourth-order valence-corrected chi connectivity index (χ4v) is 5.50. The van der Waals surface area contributed by atoms with Crippen molar-refractivity contribution in [3.63, 3.8) is 0 Å². The number of ether oxygens (including phenoxy) is 1. The van der Waals surface area contributed by atoms with Crippen LogP contribution in [0.4, 0.5) is 5.00 Å². The van der Waals surface area contributed by atoms with Crippen LogP contribution >= 0.6 is 11.3 Å². The Bertz CT molecular complexity index is 1170. The minimum atomic E-state index is -0.392. The number of nitrogens with zero attached hydrogens (tertiary/aromatic N) is 1. The van der Waals surface area contributed by atoms with E-state index < -0.39 is 5.97 Å². The number of hydrogen-bond acceptors (Lipinski definition) is 6. The van der Waals surface area contributed by atoms with Gasteiger partial charge >= 0.3 is 5.97 Å². The fourth-order valence-electron chi connectivity index (χ4n) is 4.19. The van der Waals surface area contributed by atoms with Crippen molar-refractivity contribution in [1.29, 1.82) is 0 Å². The van der Waals surface area contributed by atoms with Crippen molar-refractivity contribution in [2.75, 3.05) is 18.4 Å². The molecular formula is C25H25N3O3S. The topological polar surface area (TPSA) is 70.7 Å². The largest absolute Gasteiger partial charge is 0.423 e. The Morgan fingerprint density at radius 1 is 1.12 bits per heavy atom. The maximum absolute atomic E-state index is 12.9. The normalized spacial score (nSPS) is 17.7. The third-order valence-electron chi connectivity index (χ3n) is 6.07. The molecule has 32 heavy (non-hydrogen) atoms. The molecule has 1 atom stereocenters. The van der Waals surface area contributed by atoms with Gasteiger partial charge in [0.25, 0.3) is 5.91 Å². The summed E-state index contributed by atoms with van der Waals surface area (Å²) in [4.78, 5) is 28.9. The molecule has 2 aromatic carbocycles. The van der Waals surface area contributed by atoms with Crippen LogP contribution in [0, 0.1) is 6.92 Å². The van der Waals surface area contributed by atoms with Crippen LogP contribution in [-0.4, -0.2) is 29.9 Å². The van der Waals surface area contributed by atoms with Crippen molar-refractivity contribution in [1.82, 2.24) is 10.2 Å². The standard InChI is InChI=1S/C25H25N3O3S/c1-3-28-13-12-19-20(14-28)32-24-21(19)23(29)26-22(27-24)16-8-10-18(11-9-16)31-25(30)17-6-4-15(2)5-7-17/h4-11,22,27H,3,12-14H2,1-2H3,(H,26,29). The van der Waals surface area contributed by atoms with Gasteiger partial charge in [0, 0.05) is 18.0 Å². The van der Waals surface area contributed by atoms with Gasteiger partial charge in [0.05, 0.1) is 11.1 Å². The Kier molecular flexibility index (Phi) is 5.45. The Hall–Kier alpha value is -3.16. The van der Waals surface area contributed by atoms with E-state index in [2.05, 4.69) is 22.5 Å². The first-order chi connectivity index (χ1) is 15.5. The highest BCUT2D eigenvalue weighted by Crippen LogP contribution is 2.40. The summed E-state index contributed by atoms with van der Waals surface area (Å²) in [5, 5.41) is 7.50. The van der Waals surface area contributed by atoms with Gasteiger partial charge in [-0.1, -0.05) is 36.8 Å². The lowest BCUT2D eigenvalue weighted by Crippen LogP contribution is -2.38. The molecule has 5 rings (SSSR count). The molecule has 6 nitrogen and oxygen atoms in total. The van der Waals surface area contributed by atoms with Crippen molar-refractivity contribution in [3.05, 3.63) is 81.2 Å². The summed E-state index contributed by atoms with van der Waals surface area (Å²) < 4.78 is 5.49. The molecule has 0 radical (unpaired) electrons. The number of esters is 1. The second-order valence-corrected chi connectivity index (χ2v) is 9.31. The number of carbonyl (C=O) groups excluding carboxylic acids is 2. The van der Waals surface area contributed by atoms with Gasteiger partial charge in [0.15, 0.2) is 0 Å². The minimum Gasteiger partial charge on any atom is -0.423 e. The second kappa shape index (κ2) is 8.41. The summed E-state index contributed by atoms with van der Waals surface area (Å²) in [7, 11) is 0. The van der Waals surface area contributed by atoms with Gasteiger partial charge in [-0.25, -0.2) is 4.79 Å². The number of fused-ring (bicyclic) bond motifs is 3. The molecule has 2 aliphatic rings. The van der Waals surface area contributed by atoms with Gasteiger partial charge in [-0.2, -0.15) is 0 Å². The average Bonchev–Trinajstić information content (AvgIpc) is 3.18. The summed E-state index contributed by atoms with van der Waals surface area (Å²) in [6, 6.07) is 14.5. The molecule has 1 amide bonds. The summed E-state index contributed by atoms with van der Waals surface area (Å²) in [5.74, 6) is 0.0474. The van der Waals surface area contributed by atoms with Crippen molar-refractivity contribution in [2.24, 2.45) is 0 Å². The number of hydrogen-bond donors (Lipinski definition) is 2. The zero-order valence-electron chi connectivity index (χ0n) is 18.1. The highest BCUT2D eigenvalue weighted by molar-refractivity contribution is 7.16. The molecule has 0 saturated heterocycles. The molecule has 0 bridgehead atoms. The second-order valence-electron chi connectivity index (χ2n) is 8.20. The fraction of sp³-hybridized carbons (Fsp3) is 0.280. The number of aryl methyl sites for hydroxylation is 1. The first-order valence-electron chi connectivity index (χ1n) is 10.8. The number of benzene rings is 2. The van der Waals surface area contributed by atoms with Crippen molar-refractivity contribution in [2.45, 2.75) is 33.0 Å². The van der Waals surface area contributed by atoms with E-state index >= 15 is 0 Å². The van der Waals surface area contributed by atoms with Crippen molar-refractivity contribution in [3.8, 4) is 5.75 Å². The molecule has 0 spiro atoms. The quantitative estimate of drug-likeness (QED) is 0.455. The zero-order chi connectivity index (χ0) is 22.2. The van der Waals surface area contributed by atoms with Gasteiger partial charge in [0.2, 0.25) is 0 Å². The van der Waals surface area contributed by atoms with E-state index in [1.165, 1.54) is 10.4 Å². The third-order valence-corrected chi connectivity index (χ3v) is 7.22. The van der Waals surface area contributed by atoms with E-state index in [0.29, 0.717) is 11.3 Å². The molecule has 164 valence electrons. The van der Waals surface area contributed by atoms with E-state index in [9.17, 15) is 9.59 Å². The predicted octanol–water partition coefficient (Wildman–Crippen LogP) is 4.51. The van der Waals surface area contributed by atoms with Crippen LogP contribution in [0.25, 0.3) is 0 Å². The number of thiophene rings is 1. The van der Waals surface area contributed by atoms with Crippen LogP contribution in [-0.2, 0) is 13.0 Å². The van der Waals surface area contributed by atoms with E-state index in [4.69, 9.17) is 4.74 Å². The highest BCUT2D eigenvalue weighted by atomic mass is 32.1. The maximum atomic E-state index is 12.9. The van der Waals surface area contributed by atoms with Gasteiger partial charge in [-0.05, 0) is 55.3 Å². The van der Waals surface area contributed by atoms with Crippen LogP contribution < -0.4 is 15.4 Å². The summed E-state index contributed by atoms with van der Waals surface area (Å²) in [6.07, 6.45) is 0.592. The summed E-state index contributed by atoms with van der Waals surface area (Å²) >= 11 is 1.69. The molecule has 0 aliphatic carbocycles. The third kappa shape index (κ3) is 3.89. The Labute approximate surface area is 191 Å². The van der Waals surface area contributed by atoms with Gasteiger partial charge in [-0.3, -0.25) is 9.69 Å². The summed E-state index contributed by atoms with van der Waals surface area (Å²) in [5.41, 5.74) is 4.50. The average molecular weight is 448 g/mol. The van der Waals surface area contributed by atoms with Crippen LogP contribution in [0.1, 0.15) is 55.4 Å². The number of amides is 1. The number of likely N-dealkylation sites (N-methyl/N-ethyl adjacent to an activating group) is 1. The van der Waals surface area contributed by atoms with E-state index in [1.54, 1.807) is 35.6 Å². The first-order valence-corrected chi connectivity index (χ1v) is 11.7. The first kappa shape index (κ1) is 20.7. The Morgan fingerprint density at radius 3 is 2.59 bits per heavy atom. The van der Waals surface area contributed by atoms with E-state index in [-0.39, 0.29) is 12.1 Å². The molecule has 1 unspecified atom stereocenters. The number of anilines is 1. The molecule has 0 fully saturated rings. The van der Waals surface area contributed by atoms with Crippen LogP contribution in [0.15, 0.2) is 48.5 Å². The van der Waals surface area contributed by atoms with Gasteiger partial charge in [0.1, 0.15) is 16.9 Å². The van der Waals surface area contributed by atoms with Gasteiger partial charge < -0.3 is 15.4 Å².